The number of nitrogens with one attached hydrogen (secondary N) is 2. The van der Waals surface area contributed by atoms with Crippen LogP contribution < -0.4 is 10.6 Å². The van der Waals surface area contributed by atoms with Crippen LogP contribution >= 0.6 is 24.0 Å². The topological polar surface area (TPSA) is 90.6 Å². The molecule has 0 radical (unpaired) electrons. The lowest BCUT2D eigenvalue weighted by molar-refractivity contribution is 0.0377. The molecule has 0 saturated carbocycles. The molecular formula is C16H34IN7O. The second-order valence-electron chi connectivity index (χ2n) is 6.76. The van der Waals surface area contributed by atoms with Crippen LogP contribution in [0.2, 0.25) is 0 Å². The van der Waals surface area contributed by atoms with Crippen molar-refractivity contribution in [1.29, 1.82) is 0 Å². The first-order chi connectivity index (χ1) is 11.2. The lowest BCUT2D eigenvalue weighted by Crippen LogP contribution is -2.50. The molecule has 1 unspecified atom stereocenters. The number of unbranched alkanes of at least 4 members (excludes halogenated alkanes) is 1. The molecule has 1 aromatic rings. The predicted molar refractivity (Wildman–Crippen MR) is 112 cm³/mol. The fraction of sp³-hybridized carbons (Fsp3) is 0.812. The number of aryl methyl sites for hydroxylation is 1. The molecular weight excluding hydrogens is 433 g/mol. The van der Waals surface area contributed by atoms with Crippen molar-refractivity contribution in [2.75, 3.05) is 33.7 Å². The SMILES string of the molecule is CCCCNC(=NCc1nnc(C)n1C)NCC(C)(O)CN(C)C.I. The van der Waals surface area contributed by atoms with Crippen molar-refractivity contribution >= 4 is 29.9 Å². The smallest absolute Gasteiger partial charge is 0.191 e. The minimum Gasteiger partial charge on any atom is -0.387 e. The molecule has 1 aromatic heterocycles. The third-order valence-corrected chi connectivity index (χ3v) is 3.68. The van der Waals surface area contributed by atoms with Crippen LogP contribution in [0.25, 0.3) is 0 Å². The van der Waals surface area contributed by atoms with E-state index in [0.29, 0.717) is 25.6 Å². The Balaban J connectivity index is 0.00000576. The summed E-state index contributed by atoms with van der Waals surface area (Å²) in [5.41, 5.74) is -0.835. The predicted octanol–water partition coefficient (Wildman–Crippen LogP) is 0.889. The summed E-state index contributed by atoms with van der Waals surface area (Å²) in [6, 6.07) is 0. The maximum atomic E-state index is 10.4. The Morgan fingerprint density at radius 1 is 1.32 bits per heavy atom. The standard InChI is InChI=1S/C16H33N7O.HI/c1-7-8-9-17-15(19-11-16(3,24)12-22(4)5)18-10-14-21-20-13(2)23(14)6;/h24H,7-12H2,1-6H3,(H2,17,18,19);1H. The Bertz CT molecular complexity index is 529. The van der Waals surface area contributed by atoms with E-state index in [4.69, 9.17) is 0 Å². The van der Waals surface area contributed by atoms with Crippen molar-refractivity contribution in [2.24, 2.45) is 12.0 Å². The van der Waals surface area contributed by atoms with Crippen LogP contribution in [0.4, 0.5) is 0 Å². The Kier molecular flexibility index (Phi) is 11.2. The van der Waals surface area contributed by atoms with E-state index in [9.17, 15) is 5.11 Å². The maximum Gasteiger partial charge on any atom is 0.191 e. The van der Waals surface area contributed by atoms with Gasteiger partial charge in [0.1, 0.15) is 12.4 Å². The summed E-state index contributed by atoms with van der Waals surface area (Å²) in [6.07, 6.45) is 2.18. The highest BCUT2D eigenvalue weighted by atomic mass is 127. The summed E-state index contributed by atoms with van der Waals surface area (Å²) in [5.74, 6) is 2.36. The molecule has 0 bridgehead atoms. The minimum atomic E-state index is -0.835. The Morgan fingerprint density at radius 2 is 2.00 bits per heavy atom. The highest BCUT2D eigenvalue weighted by Crippen LogP contribution is 2.03. The average molecular weight is 467 g/mol. The largest absolute Gasteiger partial charge is 0.387 e. The molecule has 0 spiro atoms. The molecule has 1 rings (SSSR count). The van der Waals surface area contributed by atoms with Gasteiger partial charge in [0.05, 0.1) is 5.60 Å². The number of rotatable bonds is 9. The van der Waals surface area contributed by atoms with Crippen LogP contribution in [0.3, 0.4) is 0 Å². The van der Waals surface area contributed by atoms with Crippen LogP contribution in [0.1, 0.15) is 38.3 Å². The second-order valence-corrected chi connectivity index (χ2v) is 6.76. The molecule has 146 valence electrons. The van der Waals surface area contributed by atoms with Crippen molar-refractivity contribution in [3.8, 4) is 0 Å². The van der Waals surface area contributed by atoms with E-state index in [1.807, 2.05) is 44.5 Å². The summed E-state index contributed by atoms with van der Waals surface area (Å²) in [6.45, 7) is 8.15. The number of hydrogen-bond donors (Lipinski definition) is 3. The van der Waals surface area contributed by atoms with Gasteiger partial charge >= 0.3 is 0 Å². The third kappa shape index (κ3) is 9.36. The van der Waals surface area contributed by atoms with Gasteiger partial charge in [-0.15, -0.1) is 34.2 Å². The molecule has 0 fully saturated rings. The summed E-state index contributed by atoms with van der Waals surface area (Å²) < 4.78 is 1.93. The molecule has 1 heterocycles. The second kappa shape index (κ2) is 11.6. The normalized spacial score (nSPS) is 14.2. The first kappa shape index (κ1) is 24.1. The molecule has 3 N–H and O–H groups in total. The monoisotopic (exact) mass is 467 g/mol. The third-order valence-electron chi connectivity index (χ3n) is 3.68. The molecule has 0 aromatic carbocycles. The zero-order valence-corrected chi connectivity index (χ0v) is 18.7. The molecule has 1 atom stereocenters. The van der Waals surface area contributed by atoms with Crippen molar-refractivity contribution < 1.29 is 5.11 Å². The van der Waals surface area contributed by atoms with E-state index in [1.54, 1.807) is 0 Å². The van der Waals surface area contributed by atoms with E-state index in [-0.39, 0.29) is 24.0 Å². The lowest BCUT2D eigenvalue weighted by Gasteiger charge is -2.28. The first-order valence-electron chi connectivity index (χ1n) is 8.49. The summed E-state index contributed by atoms with van der Waals surface area (Å²) in [7, 11) is 5.82. The zero-order valence-electron chi connectivity index (χ0n) is 16.3. The molecule has 0 amide bonds. The fourth-order valence-electron chi connectivity index (χ4n) is 2.31. The number of halogens is 1. The number of aliphatic hydroxyl groups is 1. The zero-order chi connectivity index (χ0) is 18.2. The van der Waals surface area contributed by atoms with Gasteiger partial charge in [-0.25, -0.2) is 4.99 Å². The molecule has 0 aliphatic heterocycles. The summed E-state index contributed by atoms with van der Waals surface area (Å²) in [4.78, 5) is 6.53. The van der Waals surface area contributed by atoms with Gasteiger partial charge in [-0.3, -0.25) is 0 Å². The number of aliphatic imine (C=N–C) groups is 1. The van der Waals surface area contributed by atoms with Gasteiger partial charge in [0.15, 0.2) is 11.8 Å². The van der Waals surface area contributed by atoms with Crippen LogP contribution in [-0.2, 0) is 13.6 Å². The van der Waals surface area contributed by atoms with Gasteiger partial charge in [-0.2, -0.15) is 0 Å². The quantitative estimate of drug-likeness (QED) is 0.216. The summed E-state index contributed by atoms with van der Waals surface area (Å²) >= 11 is 0. The lowest BCUT2D eigenvalue weighted by atomic mass is 10.1. The fourth-order valence-corrected chi connectivity index (χ4v) is 2.31. The Morgan fingerprint density at radius 3 is 2.52 bits per heavy atom. The number of aromatic nitrogens is 3. The molecule has 0 saturated heterocycles. The van der Waals surface area contributed by atoms with Crippen molar-refractivity contribution in [1.82, 2.24) is 30.3 Å². The molecule has 9 heteroatoms. The van der Waals surface area contributed by atoms with Crippen LogP contribution in [0, 0.1) is 6.92 Å². The molecule has 0 aliphatic carbocycles. The van der Waals surface area contributed by atoms with Crippen molar-refractivity contribution in [2.45, 2.75) is 45.8 Å². The summed E-state index contributed by atoms with van der Waals surface area (Å²) in [5, 5.41) is 25.1. The molecule has 0 aliphatic rings. The van der Waals surface area contributed by atoms with Gasteiger partial charge in [0.25, 0.3) is 0 Å². The van der Waals surface area contributed by atoms with Crippen molar-refractivity contribution in [3.05, 3.63) is 11.6 Å². The maximum absolute atomic E-state index is 10.4. The highest BCUT2D eigenvalue weighted by molar-refractivity contribution is 14.0. The Hall–Kier alpha value is -0.940. The van der Waals surface area contributed by atoms with E-state index < -0.39 is 5.60 Å². The van der Waals surface area contributed by atoms with Gasteiger partial charge in [0.2, 0.25) is 0 Å². The number of hydrogen-bond acceptors (Lipinski definition) is 5. The van der Waals surface area contributed by atoms with E-state index >= 15 is 0 Å². The van der Waals surface area contributed by atoms with Crippen molar-refractivity contribution in [3.63, 3.8) is 0 Å². The van der Waals surface area contributed by atoms with Crippen LogP contribution in [0.5, 0.6) is 0 Å². The highest BCUT2D eigenvalue weighted by Gasteiger charge is 2.21. The minimum absolute atomic E-state index is 0. The number of guanidine groups is 1. The number of nitrogens with zero attached hydrogens (tertiary/aromatic N) is 5. The average Bonchev–Trinajstić information content (AvgIpc) is 2.80. The molecule has 25 heavy (non-hydrogen) atoms. The van der Waals surface area contributed by atoms with Crippen LogP contribution in [-0.4, -0.2) is 70.1 Å². The first-order valence-corrected chi connectivity index (χ1v) is 8.49. The van der Waals surface area contributed by atoms with Gasteiger partial charge in [0, 0.05) is 26.7 Å². The Labute approximate surface area is 168 Å². The molecule has 8 nitrogen and oxygen atoms in total. The van der Waals surface area contributed by atoms with E-state index in [2.05, 4.69) is 32.7 Å². The van der Waals surface area contributed by atoms with Gasteiger partial charge < -0.3 is 25.2 Å². The number of likely N-dealkylation sites (N-methyl/N-ethyl adjacent to an activating group) is 1. The van der Waals surface area contributed by atoms with E-state index in [0.717, 1.165) is 31.0 Å². The van der Waals surface area contributed by atoms with E-state index in [1.165, 1.54) is 0 Å². The van der Waals surface area contributed by atoms with Gasteiger partial charge in [-0.05, 0) is 34.4 Å². The van der Waals surface area contributed by atoms with Crippen LogP contribution in [0.15, 0.2) is 4.99 Å². The van der Waals surface area contributed by atoms with Gasteiger partial charge in [-0.1, -0.05) is 13.3 Å².